The summed E-state index contributed by atoms with van der Waals surface area (Å²) in [6.07, 6.45) is 0. The predicted octanol–water partition coefficient (Wildman–Crippen LogP) is 4.49. The first-order chi connectivity index (χ1) is 9.08. The number of carboxylic acids is 1. The maximum Gasteiger partial charge on any atom is 0.340 e. The molecule has 0 radical (unpaired) electrons. The first kappa shape index (κ1) is 14.1. The largest absolute Gasteiger partial charge is 0.488 e. The van der Waals surface area contributed by atoms with Crippen LogP contribution in [0.4, 0.5) is 0 Å². The Balaban J connectivity index is 2.20. The maximum absolute atomic E-state index is 11.2. The minimum absolute atomic E-state index is 0.137. The Labute approximate surface area is 127 Å². The molecular formula is C14H10Br2O3. The Morgan fingerprint density at radius 3 is 2.58 bits per heavy atom. The fraction of sp³-hybridized carbons (Fsp3) is 0.0714. The van der Waals surface area contributed by atoms with E-state index in [0.717, 1.165) is 10.0 Å². The molecular weight excluding hydrogens is 376 g/mol. The topological polar surface area (TPSA) is 46.5 Å². The Hall–Kier alpha value is -1.33. The molecule has 2 aromatic rings. The molecule has 3 nitrogen and oxygen atoms in total. The second-order valence-electron chi connectivity index (χ2n) is 3.84. The molecule has 2 rings (SSSR count). The van der Waals surface area contributed by atoms with E-state index in [-0.39, 0.29) is 5.56 Å². The highest BCUT2D eigenvalue weighted by Crippen LogP contribution is 2.27. The van der Waals surface area contributed by atoms with Crippen LogP contribution in [0.25, 0.3) is 0 Å². The quantitative estimate of drug-likeness (QED) is 0.843. The van der Waals surface area contributed by atoms with Crippen molar-refractivity contribution in [3.05, 3.63) is 62.5 Å². The van der Waals surface area contributed by atoms with Gasteiger partial charge in [-0.15, -0.1) is 0 Å². The minimum Gasteiger partial charge on any atom is -0.488 e. The lowest BCUT2D eigenvalue weighted by Gasteiger charge is -2.10. The number of hydrogen-bond donors (Lipinski definition) is 1. The molecule has 0 bridgehead atoms. The Kier molecular flexibility index (Phi) is 4.61. The van der Waals surface area contributed by atoms with Gasteiger partial charge >= 0.3 is 5.97 Å². The number of rotatable bonds is 4. The van der Waals surface area contributed by atoms with Crippen LogP contribution in [0.2, 0.25) is 0 Å². The van der Waals surface area contributed by atoms with Crippen LogP contribution >= 0.6 is 31.9 Å². The average Bonchev–Trinajstić information content (AvgIpc) is 2.36. The third-order valence-electron chi connectivity index (χ3n) is 2.47. The summed E-state index contributed by atoms with van der Waals surface area (Å²) in [5.74, 6) is -0.668. The zero-order valence-corrected chi connectivity index (χ0v) is 12.9. The van der Waals surface area contributed by atoms with E-state index in [0.29, 0.717) is 16.8 Å². The summed E-state index contributed by atoms with van der Waals surface area (Å²) in [5.41, 5.74) is 1.10. The van der Waals surface area contributed by atoms with Crippen LogP contribution in [0.1, 0.15) is 15.9 Å². The molecule has 5 heteroatoms. The van der Waals surface area contributed by atoms with Gasteiger partial charge in [0.15, 0.2) is 0 Å². The lowest BCUT2D eigenvalue weighted by molar-refractivity contribution is 0.0690. The monoisotopic (exact) mass is 384 g/mol. The van der Waals surface area contributed by atoms with Gasteiger partial charge in [0.1, 0.15) is 17.9 Å². The second-order valence-corrected chi connectivity index (χ2v) is 5.61. The molecule has 19 heavy (non-hydrogen) atoms. The average molecular weight is 386 g/mol. The fourth-order valence-electron chi connectivity index (χ4n) is 1.62. The van der Waals surface area contributed by atoms with Crippen LogP contribution < -0.4 is 4.74 Å². The third-order valence-corrected chi connectivity index (χ3v) is 3.63. The van der Waals surface area contributed by atoms with E-state index in [1.54, 1.807) is 18.2 Å². The molecule has 0 aliphatic rings. The molecule has 0 amide bonds. The number of hydrogen-bond acceptors (Lipinski definition) is 2. The Morgan fingerprint density at radius 1 is 1.16 bits per heavy atom. The minimum atomic E-state index is -1.02. The molecule has 0 aliphatic carbocycles. The van der Waals surface area contributed by atoms with Crippen LogP contribution in [0.3, 0.4) is 0 Å². The molecule has 0 atom stereocenters. The van der Waals surface area contributed by atoms with Crippen molar-refractivity contribution in [3.63, 3.8) is 0 Å². The van der Waals surface area contributed by atoms with Gasteiger partial charge in [0.2, 0.25) is 0 Å². The highest BCUT2D eigenvalue weighted by molar-refractivity contribution is 9.10. The molecule has 0 saturated heterocycles. The molecule has 2 aromatic carbocycles. The van der Waals surface area contributed by atoms with Gasteiger partial charge in [0, 0.05) is 8.95 Å². The normalized spacial score (nSPS) is 10.2. The second kappa shape index (κ2) is 6.21. The highest BCUT2D eigenvalue weighted by Gasteiger charge is 2.15. The van der Waals surface area contributed by atoms with Crippen LogP contribution in [-0.4, -0.2) is 11.1 Å². The van der Waals surface area contributed by atoms with Gasteiger partial charge in [0.05, 0.1) is 0 Å². The Bertz CT molecular complexity index is 611. The molecule has 0 spiro atoms. The predicted molar refractivity (Wildman–Crippen MR) is 79.6 cm³/mol. The van der Waals surface area contributed by atoms with E-state index >= 15 is 0 Å². The molecule has 0 fully saturated rings. The lowest BCUT2D eigenvalue weighted by Crippen LogP contribution is -2.04. The van der Waals surface area contributed by atoms with Crippen molar-refractivity contribution in [3.8, 4) is 5.75 Å². The summed E-state index contributed by atoms with van der Waals surface area (Å²) in [6.45, 7) is 0.316. The summed E-state index contributed by atoms with van der Waals surface area (Å²) < 4.78 is 7.05. The number of carboxylic acid groups (broad SMARTS) is 1. The van der Waals surface area contributed by atoms with E-state index in [9.17, 15) is 9.90 Å². The molecule has 0 aliphatic heterocycles. The van der Waals surface area contributed by atoms with Crippen molar-refractivity contribution in [2.24, 2.45) is 0 Å². The number of carbonyl (C=O) groups is 1. The summed E-state index contributed by atoms with van der Waals surface area (Å²) >= 11 is 6.60. The number of halogens is 2. The van der Waals surface area contributed by atoms with Crippen molar-refractivity contribution < 1.29 is 14.6 Å². The van der Waals surface area contributed by atoms with Crippen molar-refractivity contribution in [1.29, 1.82) is 0 Å². The standard InChI is InChI=1S/C14H10Br2O3/c15-10-4-1-3-9(7-10)8-19-12-6-2-5-11(16)13(12)14(17)18/h1-7H,8H2,(H,17,18). The molecule has 0 unspecified atom stereocenters. The van der Waals surface area contributed by atoms with Crippen molar-refractivity contribution >= 4 is 37.8 Å². The summed E-state index contributed by atoms with van der Waals surface area (Å²) in [5, 5.41) is 9.17. The summed E-state index contributed by atoms with van der Waals surface area (Å²) in [6, 6.07) is 12.7. The van der Waals surface area contributed by atoms with Crippen LogP contribution in [0.15, 0.2) is 51.4 Å². The van der Waals surface area contributed by atoms with Crippen LogP contribution in [0, 0.1) is 0 Å². The lowest BCUT2D eigenvalue weighted by atomic mass is 10.2. The zero-order valence-electron chi connectivity index (χ0n) is 9.77. The number of benzene rings is 2. The van der Waals surface area contributed by atoms with Gasteiger partial charge in [-0.1, -0.05) is 34.1 Å². The zero-order chi connectivity index (χ0) is 13.8. The van der Waals surface area contributed by atoms with Gasteiger partial charge in [-0.05, 0) is 45.8 Å². The summed E-state index contributed by atoms with van der Waals surface area (Å²) in [7, 11) is 0. The van der Waals surface area contributed by atoms with Gasteiger partial charge in [-0.3, -0.25) is 0 Å². The smallest absolute Gasteiger partial charge is 0.340 e. The van der Waals surface area contributed by atoms with E-state index in [1.807, 2.05) is 24.3 Å². The fourth-order valence-corrected chi connectivity index (χ4v) is 2.58. The van der Waals surface area contributed by atoms with Gasteiger partial charge < -0.3 is 9.84 Å². The van der Waals surface area contributed by atoms with E-state index in [2.05, 4.69) is 31.9 Å². The van der Waals surface area contributed by atoms with E-state index in [4.69, 9.17) is 4.74 Å². The number of aromatic carboxylic acids is 1. The molecule has 98 valence electrons. The van der Waals surface area contributed by atoms with Crippen LogP contribution in [0.5, 0.6) is 5.75 Å². The van der Waals surface area contributed by atoms with Gasteiger partial charge in [-0.25, -0.2) is 4.79 Å². The maximum atomic E-state index is 11.2. The van der Waals surface area contributed by atoms with Crippen molar-refractivity contribution in [2.75, 3.05) is 0 Å². The first-order valence-corrected chi connectivity index (χ1v) is 7.05. The third kappa shape index (κ3) is 3.58. The van der Waals surface area contributed by atoms with Gasteiger partial charge in [0.25, 0.3) is 0 Å². The SMILES string of the molecule is O=C(O)c1c(Br)cccc1OCc1cccc(Br)c1. The molecule has 1 N–H and O–H groups in total. The van der Waals surface area contributed by atoms with Crippen molar-refractivity contribution in [1.82, 2.24) is 0 Å². The highest BCUT2D eigenvalue weighted by atomic mass is 79.9. The Morgan fingerprint density at radius 2 is 1.89 bits per heavy atom. The molecule has 0 heterocycles. The first-order valence-electron chi connectivity index (χ1n) is 5.47. The van der Waals surface area contributed by atoms with E-state index < -0.39 is 5.97 Å². The summed E-state index contributed by atoms with van der Waals surface area (Å²) in [4.78, 5) is 11.2. The molecule has 0 aromatic heterocycles. The van der Waals surface area contributed by atoms with Gasteiger partial charge in [-0.2, -0.15) is 0 Å². The van der Waals surface area contributed by atoms with E-state index in [1.165, 1.54) is 0 Å². The molecule has 0 saturated carbocycles. The van der Waals surface area contributed by atoms with Crippen molar-refractivity contribution in [2.45, 2.75) is 6.61 Å². The van der Waals surface area contributed by atoms with Crippen LogP contribution in [-0.2, 0) is 6.61 Å². The number of ether oxygens (including phenoxy) is 1.